The van der Waals surface area contributed by atoms with E-state index in [0.29, 0.717) is 45.0 Å². The molecule has 0 fully saturated rings. The normalized spacial score (nSPS) is 8.62. The van der Waals surface area contributed by atoms with Crippen molar-refractivity contribution < 1.29 is 23.8 Å². The van der Waals surface area contributed by atoms with E-state index in [2.05, 4.69) is 19.2 Å². The summed E-state index contributed by atoms with van der Waals surface area (Å²) in [6.07, 6.45) is 3.35. The molecule has 1 N–H and O–H groups in total. The molecular weight excluding hydrogens is 526 g/mol. The Labute approximate surface area is 260 Å². The van der Waals surface area contributed by atoms with Crippen molar-refractivity contribution in [2.75, 3.05) is 46.2 Å². The summed E-state index contributed by atoms with van der Waals surface area (Å²) in [7, 11) is 0. The predicted octanol–water partition coefficient (Wildman–Crippen LogP) is 9.68. The van der Waals surface area contributed by atoms with Crippen LogP contribution >= 0.6 is 0 Å². The number of hydrogen-bond acceptors (Lipinski definition) is 5. The molecule has 2 aromatic rings. The topological polar surface area (TPSA) is 73.9 Å². The third kappa shape index (κ3) is 33.7. The third-order valence-electron chi connectivity index (χ3n) is 4.43. The average Bonchev–Trinajstić information content (AvgIpc) is 3.07. The van der Waals surface area contributed by atoms with Gasteiger partial charge in [0.25, 0.3) is 5.91 Å². The number of hydrogen-bond donors (Lipinski definition) is 1. The molecule has 6 heteroatoms. The van der Waals surface area contributed by atoms with E-state index in [-0.39, 0.29) is 19.1 Å². The van der Waals surface area contributed by atoms with Crippen LogP contribution in [0.25, 0.3) is 0 Å². The quantitative estimate of drug-likeness (QED) is 0.155. The van der Waals surface area contributed by atoms with Gasteiger partial charge in [0, 0.05) is 43.9 Å². The predicted molar refractivity (Wildman–Crippen MR) is 184 cm³/mol. The Morgan fingerprint density at radius 1 is 0.571 bits per heavy atom. The van der Waals surface area contributed by atoms with Crippen LogP contribution in [0.1, 0.15) is 123 Å². The number of amides is 1. The monoisotopic (exact) mass is 594 g/mol. The highest BCUT2D eigenvalue weighted by atomic mass is 16.5. The zero-order valence-corrected chi connectivity index (χ0v) is 28.1. The van der Waals surface area contributed by atoms with E-state index in [4.69, 9.17) is 14.2 Å². The SMILES string of the molecule is C.CC.CC.CC.CC.CCCOCCNC(=O)c1ccccc1.CCCOCCOCCCC(=O)c1ccccc1. The molecule has 2 rings (SSSR count). The van der Waals surface area contributed by atoms with Gasteiger partial charge in [-0.2, -0.15) is 0 Å². The van der Waals surface area contributed by atoms with Gasteiger partial charge in [0.2, 0.25) is 0 Å². The van der Waals surface area contributed by atoms with Gasteiger partial charge in [-0.25, -0.2) is 0 Å². The minimum absolute atomic E-state index is 0. The highest BCUT2D eigenvalue weighted by molar-refractivity contribution is 5.96. The molecule has 0 aliphatic heterocycles. The van der Waals surface area contributed by atoms with Crippen LogP contribution in [0, 0.1) is 0 Å². The van der Waals surface area contributed by atoms with Crippen molar-refractivity contribution in [1.82, 2.24) is 5.32 Å². The van der Waals surface area contributed by atoms with Crippen LogP contribution in [-0.2, 0) is 14.2 Å². The molecule has 0 aliphatic rings. The van der Waals surface area contributed by atoms with Crippen LogP contribution in [0.2, 0.25) is 0 Å². The lowest BCUT2D eigenvalue weighted by Crippen LogP contribution is -2.27. The molecule has 0 heterocycles. The van der Waals surface area contributed by atoms with E-state index in [0.717, 1.165) is 38.0 Å². The first-order chi connectivity index (χ1) is 20.2. The number of carbonyl (C=O) groups is 2. The number of Topliss-reactive ketones (excluding diaryl/α,β-unsaturated/α-hetero) is 1. The molecule has 1 amide bonds. The largest absolute Gasteiger partial charge is 0.380 e. The second kappa shape index (κ2) is 45.4. The zero-order valence-electron chi connectivity index (χ0n) is 28.1. The van der Waals surface area contributed by atoms with Crippen LogP contribution in [0.4, 0.5) is 0 Å². The average molecular weight is 594 g/mol. The second-order valence-electron chi connectivity index (χ2n) is 7.35. The van der Waals surface area contributed by atoms with Gasteiger partial charge in [-0.1, -0.05) is 125 Å². The molecule has 0 saturated heterocycles. The number of carbonyl (C=O) groups excluding carboxylic acids is 2. The summed E-state index contributed by atoms with van der Waals surface area (Å²) < 4.78 is 15.9. The Kier molecular flexibility index (Phi) is 53.2. The fourth-order valence-corrected chi connectivity index (χ4v) is 2.74. The highest BCUT2D eigenvalue weighted by Crippen LogP contribution is 2.05. The first kappa shape index (κ1) is 49.2. The molecule has 0 atom stereocenters. The van der Waals surface area contributed by atoms with Crippen LogP contribution in [0.5, 0.6) is 0 Å². The minimum atomic E-state index is -0.0456. The molecule has 0 aliphatic carbocycles. The van der Waals surface area contributed by atoms with Gasteiger partial charge in [0.15, 0.2) is 5.78 Å². The number of rotatable bonds is 16. The van der Waals surface area contributed by atoms with Gasteiger partial charge in [-0.15, -0.1) is 0 Å². The summed E-state index contributed by atoms with van der Waals surface area (Å²) in [5.41, 5.74) is 1.47. The Bertz CT molecular complexity index is 739. The van der Waals surface area contributed by atoms with Crippen molar-refractivity contribution in [3.8, 4) is 0 Å². The zero-order chi connectivity index (χ0) is 32.0. The molecule has 246 valence electrons. The maximum absolute atomic E-state index is 11.7. The van der Waals surface area contributed by atoms with Gasteiger partial charge < -0.3 is 19.5 Å². The first-order valence-corrected chi connectivity index (χ1v) is 15.8. The molecule has 6 nitrogen and oxygen atoms in total. The van der Waals surface area contributed by atoms with Crippen LogP contribution in [-0.4, -0.2) is 57.9 Å². The van der Waals surface area contributed by atoms with Crippen molar-refractivity contribution in [2.45, 2.75) is 102 Å². The lowest BCUT2D eigenvalue weighted by molar-refractivity contribution is 0.0463. The van der Waals surface area contributed by atoms with Gasteiger partial charge in [-0.3, -0.25) is 9.59 Å². The number of nitrogens with one attached hydrogen (secondary N) is 1. The van der Waals surface area contributed by atoms with Crippen LogP contribution in [0.3, 0.4) is 0 Å². The Hall–Kier alpha value is -2.54. The fraction of sp³-hybridized carbons (Fsp3) is 0.611. The van der Waals surface area contributed by atoms with E-state index in [9.17, 15) is 9.59 Å². The second-order valence-corrected chi connectivity index (χ2v) is 7.35. The van der Waals surface area contributed by atoms with Gasteiger partial charge in [-0.05, 0) is 31.4 Å². The standard InChI is InChI=1S/C15H22O3.C12H17NO2.4C2H6.CH4/c1-2-10-17-12-13-18-11-6-9-15(16)14-7-4-3-5-8-14;1-2-9-15-10-8-13-12(14)11-6-4-3-5-7-11;4*1-2;/h3-5,7-8H,2,6,9-13H2,1H3;3-7H,2,8-10H2,1H3,(H,13,14);4*1-2H3;1H4. The molecule has 0 bridgehead atoms. The van der Waals surface area contributed by atoms with Crippen molar-refractivity contribution in [3.63, 3.8) is 0 Å². The molecule has 0 unspecified atom stereocenters. The Balaban J connectivity index is -0.000000173. The van der Waals surface area contributed by atoms with Crippen LogP contribution in [0.15, 0.2) is 60.7 Å². The van der Waals surface area contributed by atoms with Gasteiger partial charge in [0.05, 0.1) is 19.8 Å². The minimum Gasteiger partial charge on any atom is -0.380 e. The first-order valence-electron chi connectivity index (χ1n) is 15.8. The summed E-state index contributed by atoms with van der Waals surface area (Å²) in [6.45, 7) is 24.7. The highest BCUT2D eigenvalue weighted by Gasteiger charge is 2.04. The maximum Gasteiger partial charge on any atom is 0.251 e. The molecule has 42 heavy (non-hydrogen) atoms. The summed E-state index contributed by atoms with van der Waals surface area (Å²) in [5, 5.41) is 2.79. The van der Waals surface area contributed by atoms with Crippen molar-refractivity contribution in [3.05, 3.63) is 71.8 Å². The van der Waals surface area contributed by atoms with E-state index in [1.807, 2.05) is 104 Å². The summed E-state index contributed by atoms with van der Waals surface area (Å²) >= 11 is 0. The van der Waals surface area contributed by atoms with Crippen LogP contribution < -0.4 is 5.32 Å². The lowest BCUT2D eigenvalue weighted by Gasteiger charge is -2.05. The smallest absolute Gasteiger partial charge is 0.251 e. The molecule has 0 saturated carbocycles. The van der Waals surface area contributed by atoms with E-state index >= 15 is 0 Å². The number of benzene rings is 2. The van der Waals surface area contributed by atoms with Gasteiger partial charge >= 0.3 is 0 Å². The Morgan fingerprint density at radius 2 is 0.976 bits per heavy atom. The van der Waals surface area contributed by atoms with Crippen molar-refractivity contribution in [1.29, 1.82) is 0 Å². The molecule has 0 spiro atoms. The summed E-state index contributed by atoms with van der Waals surface area (Å²) in [5.74, 6) is 0.136. The summed E-state index contributed by atoms with van der Waals surface area (Å²) in [4.78, 5) is 23.2. The molecule has 2 aromatic carbocycles. The third-order valence-corrected chi connectivity index (χ3v) is 4.43. The molecule has 0 aromatic heterocycles. The van der Waals surface area contributed by atoms with E-state index < -0.39 is 0 Å². The number of ketones is 1. The summed E-state index contributed by atoms with van der Waals surface area (Å²) in [6, 6.07) is 18.6. The fourth-order valence-electron chi connectivity index (χ4n) is 2.74. The number of ether oxygens (including phenoxy) is 3. The van der Waals surface area contributed by atoms with E-state index in [1.54, 1.807) is 12.1 Å². The van der Waals surface area contributed by atoms with Crippen molar-refractivity contribution in [2.24, 2.45) is 0 Å². The van der Waals surface area contributed by atoms with Gasteiger partial charge in [0.1, 0.15) is 0 Å². The van der Waals surface area contributed by atoms with Crippen molar-refractivity contribution >= 4 is 11.7 Å². The lowest BCUT2D eigenvalue weighted by atomic mass is 10.1. The van der Waals surface area contributed by atoms with E-state index in [1.165, 1.54) is 0 Å². The molecular formula is C36H67NO5. The molecule has 0 radical (unpaired) electrons. The Morgan fingerprint density at radius 3 is 1.43 bits per heavy atom. The maximum atomic E-state index is 11.7.